The molecule has 1 aromatic rings. The van der Waals surface area contributed by atoms with Crippen molar-refractivity contribution in [1.29, 1.82) is 0 Å². The van der Waals surface area contributed by atoms with Crippen molar-refractivity contribution in [2.45, 2.75) is 4.90 Å². The number of benzene rings is 1. The average molecular weight is 285 g/mol. The Morgan fingerprint density at radius 1 is 1.46 bits per heavy atom. The zero-order valence-corrected chi connectivity index (χ0v) is 9.87. The number of nitrogens with two attached hydrogens (primary N) is 1. The van der Waals surface area contributed by atoms with Crippen molar-refractivity contribution in [3.05, 3.63) is 21.6 Å². The lowest BCUT2D eigenvalue weighted by Crippen LogP contribution is -1.98. The zero-order valence-electron chi connectivity index (χ0n) is 6.71. The van der Waals surface area contributed by atoms with Crippen molar-refractivity contribution in [2.24, 2.45) is 0 Å². The third-order valence-electron chi connectivity index (χ3n) is 1.48. The van der Waals surface area contributed by atoms with E-state index in [4.69, 9.17) is 17.3 Å². The van der Waals surface area contributed by atoms with Gasteiger partial charge in [0.25, 0.3) is 0 Å². The molecule has 0 aliphatic carbocycles. The normalized spacial score (nSPS) is 11.6. The van der Waals surface area contributed by atoms with Crippen LogP contribution in [0.15, 0.2) is 21.5 Å². The van der Waals surface area contributed by atoms with Gasteiger partial charge in [-0.2, -0.15) is 0 Å². The first-order valence-electron chi connectivity index (χ1n) is 3.27. The van der Waals surface area contributed by atoms with Crippen LogP contribution in [0.3, 0.4) is 0 Å². The molecule has 1 aromatic carbocycles. The summed E-state index contributed by atoms with van der Waals surface area (Å²) < 4.78 is 22.7. The molecule has 13 heavy (non-hydrogen) atoms. The number of rotatable bonds is 1. The predicted octanol–water partition coefficient (Wildman–Crippen LogP) is 2.09. The van der Waals surface area contributed by atoms with Crippen LogP contribution in [0.25, 0.3) is 0 Å². The molecule has 0 spiro atoms. The summed E-state index contributed by atoms with van der Waals surface area (Å²) in [6.07, 6.45) is 1.11. The Labute approximate surface area is 89.9 Å². The van der Waals surface area contributed by atoms with Gasteiger partial charge in [-0.1, -0.05) is 11.6 Å². The molecule has 0 saturated carbocycles. The summed E-state index contributed by atoms with van der Waals surface area (Å²) in [7, 11) is -3.23. The first-order valence-corrected chi connectivity index (χ1v) is 6.33. The molecule has 0 atom stereocenters. The molecule has 0 aliphatic heterocycles. The van der Waals surface area contributed by atoms with Crippen molar-refractivity contribution < 1.29 is 8.42 Å². The molecule has 0 aliphatic rings. The molecular formula is C7H7BrClNO2S. The second kappa shape index (κ2) is 3.48. The molecule has 0 amide bonds. The number of hydrogen-bond acceptors (Lipinski definition) is 3. The van der Waals surface area contributed by atoms with E-state index in [1.807, 2.05) is 0 Å². The van der Waals surface area contributed by atoms with E-state index in [9.17, 15) is 8.42 Å². The summed E-state index contributed by atoms with van der Waals surface area (Å²) in [6, 6.07) is 2.76. The number of anilines is 1. The summed E-state index contributed by atoms with van der Waals surface area (Å²) >= 11 is 8.82. The van der Waals surface area contributed by atoms with Crippen molar-refractivity contribution >= 4 is 43.1 Å². The molecule has 3 nitrogen and oxygen atoms in total. The lowest BCUT2D eigenvalue weighted by atomic mass is 10.3. The van der Waals surface area contributed by atoms with Gasteiger partial charge in [-0.05, 0) is 28.1 Å². The summed E-state index contributed by atoms with van der Waals surface area (Å²) in [6.45, 7) is 0. The summed E-state index contributed by atoms with van der Waals surface area (Å²) in [4.78, 5) is 0.151. The van der Waals surface area contributed by atoms with Crippen molar-refractivity contribution in [3.63, 3.8) is 0 Å². The third-order valence-corrected chi connectivity index (χ3v) is 3.54. The maximum Gasteiger partial charge on any atom is 0.175 e. The second-order valence-electron chi connectivity index (χ2n) is 2.57. The highest BCUT2D eigenvalue weighted by atomic mass is 79.9. The van der Waals surface area contributed by atoms with Crippen molar-refractivity contribution in [2.75, 3.05) is 12.0 Å². The molecule has 2 N–H and O–H groups in total. The van der Waals surface area contributed by atoms with Crippen LogP contribution in [0.4, 0.5) is 5.69 Å². The van der Waals surface area contributed by atoms with E-state index < -0.39 is 9.84 Å². The Morgan fingerprint density at radius 2 is 2.00 bits per heavy atom. The summed E-state index contributed by atoms with van der Waals surface area (Å²) in [5.41, 5.74) is 5.86. The fourth-order valence-corrected chi connectivity index (χ4v) is 2.45. The summed E-state index contributed by atoms with van der Waals surface area (Å²) in [5.74, 6) is 0. The molecule has 6 heteroatoms. The Balaban J connectivity index is 3.47. The Kier molecular flexibility index (Phi) is 2.89. The quantitative estimate of drug-likeness (QED) is 0.803. The minimum Gasteiger partial charge on any atom is -0.397 e. The van der Waals surface area contributed by atoms with Crippen LogP contribution in [-0.2, 0) is 9.84 Å². The highest BCUT2D eigenvalue weighted by Crippen LogP contribution is 2.30. The fraction of sp³-hybridized carbons (Fsp3) is 0.143. The van der Waals surface area contributed by atoms with Crippen LogP contribution in [-0.4, -0.2) is 14.7 Å². The van der Waals surface area contributed by atoms with Gasteiger partial charge in [-0.3, -0.25) is 0 Å². The average Bonchev–Trinajstić information content (AvgIpc) is 1.97. The van der Waals surface area contributed by atoms with E-state index in [1.54, 1.807) is 0 Å². The van der Waals surface area contributed by atoms with Crippen LogP contribution >= 0.6 is 27.5 Å². The number of sulfone groups is 1. The van der Waals surface area contributed by atoms with Gasteiger partial charge in [0.1, 0.15) is 0 Å². The first-order chi connectivity index (χ1) is 5.82. The van der Waals surface area contributed by atoms with Gasteiger partial charge >= 0.3 is 0 Å². The monoisotopic (exact) mass is 283 g/mol. The maximum absolute atomic E-state index is 11.1. The molecular weight excluding hydrogens is 278 g/mol. The fourth-order valence-electron chi connectivity index (χ4n) is 0.775. The van der Waals surface area contributed by atoms with Gasteiger partial charge in [0.15, 0.2) is 9.84 Å². The lowest BCUT2D eigenvalue weighted by molar-refractivity contribution is 0.602. The standard InChI is InChI=1S/C7H7BrClNO2S/c1-13(11,12)4-2-5(8)7(10)6(9)3-4/h2-3H,10H2,1H3. The maximum atomic E-state index is 11.1. The molecule has 72 valence electrons. The van der Waals surface area contributed by atoms with E-state index in [0.717, 1.165) is 6.26 Å². The second-order valence-corrected chi connectivity index (χ2v) is 5.85. The van der Waals surface area contributed by atoms with Crippen LogP contribution in [0.2, 0.25) is 5.02 Å². The van der Waals surface area contributed by atoms with Crippen LogP contribution < -0.4 is 5.73 Å². The first kappa shape index (κ1) is 10.8. The van der Waals surface area contributed by atoms with Crippen molar-refractivity contribution in [1.82, 2.24) is 0 Å². The van der Waals surface area contributed by atoms with E-state index >= 15 is 0 Å². The van der Waals surface area contributed by atoms with Gasteiger partial charge < -0.3 is 5.73 Å². The topological polar surface area (TPSA) is 60.2 Å². The van der Waals surface area contributed by atoms with Crippen molar-refractivity contribution in [3.8, 4) is 0 Å². The Hall–Kier alpha value is -0.260. The third kappa shape index (κ3) is 2.36. The smallest absolute Gasteiger partial charge is 0.175 e. The van der Waals surface area contributed by atoms with Gasteiger partial charge in [-0.25, -0.2) is 8.42 Å². The number of hydrogen-bond donors (Lipinski definition) is 1. The van der Waals surface area contributed by atoms with Crippen LogP contribution in [0.5, 0.6) is 0 Å². The highest BCUT2D eigenvalue weighted by Gasteiger charge is 2.11. The molecule has 0 heterocycles. The minimum absolute atomic E-state index is 0.151. The van der Waals surface area contributed by atoms with Crippen LogP contribution in [0.1, 0.15) is 0 Å². The SMILES string of the molecule is CS(=O)(=O)c1cc(Cl)c(N)c(Br)c1. The minimum atomic E-state index is -3.23. The Bertz CT molecular complexity index is 421. The molecule has 0 fully saturated rings. The molecule has 0 bridgehead atoms. The molecule has 0 aromatic heterocycles. The lowest BCUT2D eigenvalue weighted by Gasteiger charge is -2.04. The summed E-state index contributed by atoms with van der Waals surface area (Å²) in [5, 5.41) is 0.231. The highest BCUT2D eigenvalue weighted by molar-refractivity contribution is 9.10. The van der Waals surface area contributed by atoms with Gasteiger partial charge in [0, 0.05) is 10.7 Å². The predicted molar refractivity (Wildman–Crippen MR) is 56.7 cm³/mol. The number of halogens is 2. The van der Waals surface area contributed by atoms with Gasteiger partial charge in [0.05, 0.1) is 15.6 Å². The molecule has 0 radical (unpaired) electrons. The van der Waals surface area contributed by atoms with E-state index in [-0.39, 0.29) is 9.92 Å². The molecule has 0 saturated heterocycles. The number of nitrogen functional groups attached to an aromatic ring is 1. The zero-order chi connectivity index (χ0) is 10.2. The molecule has 0 unspecified atom stereocenters. The molecule has 1 rings (SSSR count). The van der Waals surface area contributed by atoms with E-state index in [1.165, 1.54) is 12.1 Å². The van der Waals surface area contributed by atoms with E-state index in [0.29, 0.717) is 10.2 Å². The van der Waals surface area contributed by atoms with Gasteiger partial charge in [-0.15, -0.1) is 0 Å². The van der Waals surface area contributed by atoms with E-state index in [2.05, 4.69) is 15.9 Å². The van der Waals surface area contributed by atoms with Gasteiger partial charge in [0.2, 0.25) is 0 Å². The largest absolute Gasteiger partial charge is 0.397 e. The Morgan fingerprint density at radius 3 is 2.38 bits per heavy atom. The van der Waals surface area contributed by atoms with Crippen LogP contribution in [0, 0.1) is 0 Å².